The van der Waals surface area contributed by atoms with E-state index in [0.717, 1.165) is 5.56 Å². The Morgan fingerprint density at radius 2 is 2.16 bits per heavy atom. The first kappa shape index (κ1) is 13.0. The molecule has 7 heteroatoms. The Kier molecular flexibility index (Phi) is 3.74. The SMILES string of the molecule is CN(CCc1ccccc1C(=O)O)c1nnnn1C. The van der Waals surface area contributed by atoms with Gasteiger partial charge in [0.25, 0.3) is 0 Å². The molecule has 0 aliphatic rings. The molecule has 0 amide bonds. The van der Waals surface area contributed by atoms with Crippen molar-refractivity contribution in [1.82, 2.24) is 20.2 Å². The second-order valence-corrected chi connectivity index (χ2v) is 4.24. The second-order valence-electron chi connectivity index (χ2n) is 4.24. The highest BCUT2D eigenvalue weighted by molar-refractivity contribution is 5.89. The molecule has 1 aromatic carbocycles. The lowest BCUT2D eigenvalue weighted by Crippen LogP contribution is -2.24. The lowest BCUT2D eigenvalue weighted by atomic mass is 10.0. The first-order valence-corrected chi connectivity index (χ1v) is 5.84. The van der Waals surface area contributed by atoms with Crippen LogP contribution in [-0.2, 0) is 13.5 Å². The standard InChI is InChI=1S/C12H15N5O2/c1-16(12-13-14-15-17(12)2)8-7-9-5-3-4-6-10(9)11(18)19/h3-6H,7-8H2,1-2H3,(H,18,19). The normalized spacial score (nSPS) is 10.4. The van der Waals surface area contributed by atoms with Gasteiger partial charge in [-0.3, -0.25) is 0 Å². The van der Waals surface area contributed by atoms with Crippen molar-refractivity contribution >= 4 is 11.9 Å². The number of carboxylic acids is 1. The summed E-state index contributed by atoms with van der Waals surface area (Å²) in [5, 5.41) is 20.3. The predicted octanol–water partition coefficient (Wildman–Crippen LogP) is 0.587. The first-order chi connectivity index (χ1) is 9.09. The maximum absolute atomic E-state index is 11.1. The van der Waals surface area contributed by atoms with Gasteiger partial charge in [0.1, 0.15) is 0 Å². The lowest BCUT2D eigenvalue weighted by molar-refractivity contribution is 0.0695. The predicted molar refractivity (Wildman–Crippen MR) is 69.2 cm³/mol. The number of aromatic nitrogens is 4. The van der Waals surface area contributed by atoms with E-state index in [4.69, 9.17) is 5.11 Å². The Morgan fingerprint density at radius 3 is 2.79 bits per heavy atom. The van der Waals surface area contributed by atoms with Crippen LogP contribution in [-0.4, -0.2) is 44.9 Å². The molecule has 0 aliphatic carbocycles. The molecular weight excluding hydrogens is 246 g/mol. The molecule has 1 heterocycles. The minimum atomic E-state index is -0.904. The Labute approximate surface area is 110 Å². The Morgan fingerprint density at radius 1 is 1.42 bits per heavy atom. The number of likely N-dealkylation sites (N-methyl/N-ethyl adjacent to an activating group) is 1. The number of benzene rings is 1. The number of aromatic carboxylic acids is 1. The lowest BCUT2D eigenvalue weighted by Gasteiger charge is -2.16. The first-order valence-electron chi connectivity index (χ1n) is 5.84. The van der Waals surface area contributed by atoms with Crippen molar-refractivity contribution < 1.29 is 9.90 Å². The Balaban J connectivity index is 2.07. The molecule has 7 nitrogen and oxygen atoms in total. The van der Waals surface area contributed by atoms with E-state index < -0.39 is 5.97 Å². The molecule has 0 bridgehead atoms. The van der Waals surface area contributed by atoms with Crippen molar-refractivity contribution in [2.24, 2.45) is 7.05 Å². The van der Waals surface area contributed by atoms with Crippen LogP contribution in [0.3, 0.4) is 0 Å². The van der Waals surface area contributed by atoms with Crippen LogP contribution < -0.4 is 4.90 Å². The fraction of sp³-hybridized carbons (Fsp3) is 0.333. The van der Waals surface area contributed by atoms with E-state index >= 15 is 0 Å². The molecule has 0 spiro atoms. The summed E-state index contributed by atoms with van der Waals surface area (Å²) in [6.45, 7) is 0.637. The molecule has 0 radical (unpaired) electrons. The fourth-order valence-electron chi connectivity index (χ4n) is 1.88. The average molecular weight is 261 g/mol. The molecular formula is C12H15N5O2. The van der Waals surface area contributed by atoms with Crippen LogP contribution >= 0.6 is 0 Å². The van der Waals surface area contributed by atoms with Gasteiger partial charge in [0, 0.05) is 20.6 Å². The number of tetrazole rings is 1. The molecule has 2 aromatic rings. The molecule has 0 atom stereocenters. The number of hydrogen-bond acceptors (Lipinski definition) is 5. The fourth-order valence-corrected chi connectivity index (χ4v) is 1.88. The van der Waals surface area contributed by atoms with Crippen molar-refractivity contribution in [3.05, 3.63) is 35.4 Å². The van der Waals surface area contributed by atoms with E-state index in [1.165, 1.54) is 0 Å². The summed E-state index contributed by atoms with van der Waals surface area (Å²) < 4.78 is 1.57. The number of nitrogens with zero attached hydrogens (tertiary/aromatic N) is 5. The molecule has 19 heavy (non-hydrogen) atoms. The van der Waals surface area contributed by atoms with Crippen LogP contribution in [0.1, 0.15) is 15.9 Å². The number of anilines is 1. The van der Waals surface area contributed by atoms with Gasteiger partial charge in [-0.1, -0.05) is 23.3 Å². The second kappa shape index (κ2) is 5.47. The molecule has 1 N–H and O–H groups in total. The van der Waals surface area contributed by atoms with E-state index in [9.17, 15) is 4.79 Å². The highest BCUT2D eigenvalue weighted by Crippen LogP contribution is 2.11. The van der Waals surface area contributed by atoms with Crippen LogP contribution in [0.5, 0.6) is 0 Å². The molecule has 1 aromatic heterocycles. The van der Waals surface area contributed by atoms with Gasteiger partial charge in [0.05, 0.1) is 5.56 Å². The van der Waals surface area contributed by atoms with Crippen LogP contribution in [0.15, 0.2) is 24.3 Å². The van der Waals surface area contributed by atoms with E-state index in [2.05, 4.69) is 15.5 Å². The Bertz CT molecular complexity index is 581. The maximum atomic E-state index is 11.1. The quantitative estimate of drug-likeness (QED) is 0.848. The molecule has 0 fully saturated rings. The van der Waals surface area contributed by atoms with Crippen LogP contribution in [0.4, 0.5) is 5.95 Å². The zero-order chi connectivity index (χ0) is 13.8. The largest absolute Gasteiger partial charge is 0.478 e. The molecule has 2 rings (SSSR count). The van der Waals surface area contributed by atoms with E-state index in [1.807, 2.05) is 24.1 Å². The van der Waals surface area contributed by atoms with Gasteiger partial charge < -0.3 is 10.0 Å². The van der Waals surface area contributed by atoms with Gasteiger partial charge in [0.15, 0.2) is 0 Å². The third kappa shape index (κ3) is 2.87. The number of carbonyl (C=O) groups is 1. The topological polar surface area (TPSA) is 84.1 Å². The molecule has 0 saturated heterocycles. The maximum Gasteiger partial charge on any atom is 0.335 e. The Hall–Kier alpha value is -2.44. The van der Waals surface area contributed by atoms with Gasteiger partial charge in [-0.2, -0.15) is 0 Å². The zero-order valence-electron chi connectivity index (χ0n) is 10.8. The van der Waals surface area contributed by atoms with Crippen molar-refractivity contribution in [3.63, 3.8) is 0 Å². The monoisotopic (exact) mass is 261 g/mol. The number of hydrogen-bond donors (Lipinski definition) is 1. The third-order valence-corrected chi connectivity index (χ3v) is 2.90. The average Bonchev–Trinajstić information content (AvgIpc) is 2.82. The molecule has 0 unspecified atom stereocenters. The summed E-state index contributed by atoms with van der Waals surface area (Å²) >= 11 is 0. The van der Waals surface area contributed by atoms with Crippen molar-refractivity contribution in [1.29, 1.82) is 0 Å². The molecule has 0 saturated carbocycles. The van der Waals surface area contributed by atoms with E-state index in [1.54, 1.807) is 23.9 Å². The summed E-state index contributed by atoms with van der Waals surface area (Å²) in [6, 6.07) is 7.00. The van der Waals surface area contributed by atoms with Gasteiger partial charge in [-0.25, -0.2) is 9.48 Å². The summed E-state index contributed by atoms with van der Waals surface area (Å²) in [5.41, 5.74) is 1.14. The zero-order valence-corrected chi connectivity index (χ0v) is 10.8. The minimum absolute atomic E-state index is 0.340. The van der Waals surface area contributed by atoms with Crippen molar-refractivity contribution in [2.45, 2.75) is 6.42 Å². The molecule has 100 valence electrons. The van der Waals surface area contributed by atoms with Crippen molar-refractivity contribution in [2.75, 3.05) is 18.5 Å². The van der Waals surface area contributed by atoms with E-state index in [0.29, 0.717) is 24.5 Å². The summed E-state index contributed by atoms with van der Waals surface area (Å²) in [4.78, 5) is 13.0. The number of rotatable bonds is 5. The van der Waals surface area contributed by atoms with Gasteiger partial charge >= 0.3 is 5.97 Å². The summed E-state index contributed by atoms with van der Waals surface area (Å²) in [5.74, 6) is -0.258. The molecule has 0 aliphatic heterocycles. The number of aryl methyl sites for hydroxylation is 1. The van der Waals surface area contributed by atoms with Crippen LogP contribution in [0.25, 0.3) is 0 Å². The van der Waals surface area contributed by atoms with Gasteiger partial charge in [-0.15, -0.1) is 0 Å². The van der Waals surface area contributed by atoms with E-state index in [-0.39, 0.29) is 0 Å². The summed E-state index contributed by atoms with van der Waals surface area (Å²) in [6.07, 6.45) is 0.617. The van der Waals surface area contributed by atoms with Crippen LogP contribution in [0.2, 0.25) is 0 Å². The highest BCUT2D eigenvalue weighted by atomic mass is 16.4. The summed E-state index contributed by atoms with van der Waals surface area (Å²) in [7, 11) is 3.63. The van der Waals surface area contributed by atoms with Gasteiger partial charge in [-0.05, 0) is 28.5 Å². The highest BCUT2D eigenvalue weighted by Gasteiger charge is 2.12. The van der Waals surface area contributed by atoms with Gasteiger partial charge in [0.2, 0.25) is 5.95 Å². The minimum Gasteiger partial charge on any atom is -0.478 e. The smallest absolute Gasteiger partial charge is 0.335 e. The third-order valence-electron chi connectivity index (χ3n) is 2.90. The van der Waals surface area contributed by atoms with Crippen LogP contribution in [0, 0.1) is 0 Å². The van der Waals surface area contributed by atoms with Crippen molar-refractivity contribution in [3.8, 4) is 0 Å². The number of carboxylic acid groups (broad SMARTS) is 1.